The molecule has 3 amide bonds. The van der Waals surface area contributed by atoms with Crippen LogP contribution in [0.2, 0.25) is 0 Å². The summed E-state index contributed by atoms with van der Waals surface area (Å²) in [6, 6.07) is 23.3. The van der Waals surface area contributed by atoms with E-state index in [4.69, 9.17) is 4.74 Å². The van der Waals surface area contributed by atoms with Crippen molar-refractivity contribution in [2.24, 2.45) is 0 Å². The number of carbonyl (C=O) groups excluding carboxylic acids is 3. The first-order valence-corrected chi connectivity index (χ1v) is 16.2. The van der Waals surface area contributed by atoms with Gasteiger partial charge >= 0.3 is 0 Å². The maximum Gasteiger partial charge on any atom is 0.252 e. The third-order valence-corrected chi connectivity index (χ3v) is 8.82. The first-order chi connectivity index (χ1) is 22.8. The number of pyridine rings is 1. The second-order valence-electron chi connectivity index (χ2n) is 12.7. The molecule has 3 aromatic carbocycles. The molecule has 2 N–H and O–H groups in total. The largest absolute Gasteiger partial charge is 0.491 e. The smallest absolute Gasteiger partial charge is 0.252 e. The predicted molar refractivity (Wildman–Crippen MR) is 182 cm³/mol. The molecule has 1 aromatic heterocycles. The molecule has 4 bridgehead atoms. The zero-order valence-electron chi connectivity index (χ0n) is 27.0. The van der Waals surface area contributed by atoms with E-state index in [9.17, 15) is 14.4 Å². The van der Waals surface area contributed by atoms with Crippen molar-refractivity contribution >= 4 is 28.5 Å². The lowest BCUT2D eigenvalue weighted by Crippen LogP contribution is -2.48. The molecule has 2 aliphatic heterocycles. The molecule has 0 saturated carbocycles. The van der Waals surface area contributed by atoms with E-state index in [0.717, 1.165) is 34.0 Å². The predicted octanol–water partition coefficient (Wildman–Crippen LogP) is 3.22. The lowest BCUT2D eigenvalue weighted by molar-refractivity contribution is -0.134. The van der Waals surface area contributed by atoms with Crippen molar-refractivity contribution in [2.45, 2.75) is 24.9 Å². The normalized spacial score (nSPS) is 19.2. The van der Waals surface area contributed by atoms with Gasteiger partial charge in [-0.3, -0.25) is 24.3 Å². The summed E-state index contributed by atoms with van der Waals surface area (Å²) in [6.45, 7) is 3.24. The minimum absolute atomic E-state index is 0.0242. The number of rotatable bonds is 6. The van der Waals surface area contributed by atoms with Crippen LogP contribution >= 0.6 is 0 Å². The Bertz CT molecular complexity index is 1740. The molecule has 3 heterocycles. The number of ether oxygens (including phenoxy) is 1. The van der Waals surface area contributed by atoms with Gasteiger partial charge in [-0.15, -0.1) is 0 Å². The quantitative estimate of drug-likeness (QED) is 0.336. The molecular weight excluding hydrogens is 592 g/mol. The zero-order valence-corrected chi connectivity index (χ0v) is 27.0. The van der Waals surface area contributed by atoms with Gasteiger partial charge in [-0.05, 0) is 60.6 Å². The van der Waals surface area contributed by atoms with Crippen molar-refractivity contribution in [1.82, 2.24) is 30.3 Å². The third kappa shape index (κ3) is 8.33. The Kier molecular flexibility index (Phi) is 10.1. The summed E-state index contributed by atoms with van der Waals surface area (Å²) in [4.78, 5) is 50.5. The summed E-state index contributed by atoms with van der Waals surface area (Å²) in [5.41, 5.74) is 3.11. The SMILES string of the molecule is CN(C)CCN1CCNC(=O)c2cncc(c2)-c2cccc(c2)OC[C@@H]2C[C@@H](NC(=O)Cc3ccc4ccccc4c3)CN2C(=O)C1. The number of nitrogens with zero attached hydrogens (tertiary/aromatic N) is 4. The van der Waals surface area contributed by atoms with E-state index in [2.05, 4.69) is 37.6 Å². The average molecular weight is 635 g/mol. The van der Waals surface area contributed by atoms with Gasteiger partial charge in [0.15, 0.2) is 0 Å². The van der Waals surface area contributed by atoms with Gasteiger partial charge in [0.1, 0.15) is 12.4 Å². The molecule has 244 valence electrons. The molecule has 0 aliphatic carbocycles. The van der Waals surface area contributed by atoms with Crippen molar-refractivity contribution in [2.75, 3.05) is 60.0 Å². The van der Waals surface area contributed by atoms with Gasteiger partial charge in [-0.2, -0.15) is 0 Å². The van der Waals surface area contributed by atoms with Crippen molar-refractivity contribution < 1.29 is 19.1 Å². The van der Waals surface area contributed by atoms with Crippen molar-refractivity contribution in [1.29, 1.82) is 0 Å². The maximum absolute atomic E-state index is 13.9. The molecule has 0 unspecified atom stereocenters. The zero-order chi connectivity index (χ0) is 32.8. The monoisotopic (exact) mass is 634 g/mol. The van der Waals surface area contributed by atoms with Crippen molar-refractivity contribution in [3.8, 4) is 16.9 Å². The number of nitrogens with one attached hydrogen (secondary N) is 2. The van der Waals surface area contributed by atoms with E-state index in [1.807, 2.05) is 79.7 Å². The third-order valence-electron chi connectivity index (χ3n) is 8.82. The van der Waals surface area contributed by atoms with Gasteiger partial charge in [0, 0.05) is 56.7 Å². The molecule has 1 saturated heterocycles. The molecule has 47 heavy (non-hydrogen) atoms. The van der Waals surface area contributed by atoms with Crippen LogP contribution in [0.15, 0.2) is 85.2 Å². The molecule has 0 radical (unpaired) electrons. The second kappa shape index (κ2) is 14.7. The number of aromatic nitrogens is 1. The Labute approximate surface area is 275 Å². The molecule has 6 rings (SSSR count). The van der Waals surface area contributed by atoms with Gasteiger partial charge < -0.3 is 25.2 Å². The van der Waals surface area contributed by atoms with Crippen LogP contribution in [0.4, 0.5) is 0 Å². The Balaban J connectivity index is 1.20. The standard InChI is InChI=1S/C37H42N6O4/c1-41(2)14-15-42-13-12-39-37(46)31-18-30(21-38-22-31)29-8-5-9-34(19-29)47-25-33-20-32(23-43(33)36(45)24-42)40-35(44)17-26-10-11-27-6-3-4-7-28(27)16-26/h3-11,16,18-19,21-22,32-33H,12-15,17,20,23-25H2,1-2H3,(H,39,46)(H,40,44)/t32-,33+/m1/s1. The number of hydrogen-bond donors (Lipinski definition) is 2. The van der Waals surface area contributed by atoms with Gasteiger partial charge in [0.2, 0.25) is 11.8 Å². The number of likely N-dealkylation sites (N-methyl/N-ethyl adjacent to an activating group) is 1. The number of amides is 3. The molecule has 1 fully saturated rings. The highest BCUT2D eigenvalue weighted by Crippen LogP contribution is 2.26. The van der Waals surface area contributed by atoms with Crippen LogP contribution in [0.3, 0.4) is 0 Å². The van der Waals surface area contributed by atoms with E-state index < -0.39 is 0 Å². The van der Waals surface area contributed by atoms with Crippen LogP contribution in [0, 0.1) is 0 Å². The molecular formula is C37H42N6O4. The van der Waals surface area contributed by atoms with Crippen LogP contribution in [-0.4, -0.2) is 109 Å². The fourth-order valence-electron chi connectivity index (χ4n) is 6.30. The molecule has 2 aliphatic rings. The highest BCUT2D eigenvalue weighted by molar-refractivity contribution is 5.95. The van der Waals surface area contributed by atoms with E-state index in [1.54, 1.807) is 12.4 Å². The first-order valence-electron chi connectivity index (χ1n) is 16.2. The van der Waals surface area contributed by atoms with Crippen LogP contribution in [0.25, 0.3) is 21.9 Å². The molecule has 0 spiro atoms. The summed E-state index contributed by atoms with van der Waals surface area (Å²) in [6.07, 6.45) is 4.15. The summed E-state index contributed by atoms with van der Waals surface area (Å²) in [7, 11) is 3.99. The van der Waals surface area contributed by atoms with Gasteiger partial charge in [0.05, 0.1) is 24.6 Å². The Hall–Kier alpha value is -4.80. The summed E-state index contributed by atoms with van der Waals surface area (Å²) in [5.74, 6) is 0.354. The molecule has 10 nitrogen and oxygen atoms in total. The minimum atomic E-state index is -0.215. The summed E-state index contributed by atoms with van der Waals surface area (Å²) in [5, 5.41) is 8.43. The lowest BCUT2D eigenvalue weighted by Gasteiger charge is -2.29. The van der Waals surface area contributed by atoms with Crippen LogP contribution < -0.4 is 15.4 Å². The maximum atomic E-state index is 13.9. The number of carbonyl (C=O) groups is 3. The number of hydrogen-bond acceptors (Lipinski definition) is 7. The van der Waals surface area contributed by atoms with Gasteiger partial charge in [-0.25, -0.2) is 0 Å². The highest BCUT2D eigenvalue weighted by Gasteiger charge is 2.37. The van der Waals surface area contributed by atoms with E-state index >= 15 is 0 Å². The number of fused-ring (bicyclic) bond motifs is 7. The average Bonchev–Trinajstić information content (AvgIpc) is 3.48. The molecule has 2 atom stereocenters. The lowest BCUT2D eigenvalue weighted by atomic mass is 10.0. The van der Waals surface area contributed by atoms with Gasteiger partial charge in [0.25, 0.3) is 5.91 Å². The topological polar surface area (TPSA) is 107 Å². The van der Waals surface area contributed by atoms with Crippen LogP contribution in [-0.2, 0) is 16.0 Å². The first kappa shape index (κ1) is 32.2. The van der Waals surface area contributed by atoms with E-state index in [0.29, 0.717) is 50.5 Å². The molecule has 4 aromatic rings. The van der Waals surface area contributed by atoms with E-state index in [-0.39, 0.29) is 42.8 Å². The Morgan fingerprint density at radius 2 is 1.81 bits per heavy atom. The van der Waals surface area contributed by atoms with Crippen molar-refractivity contribution in [3.05, 3.63) is 96.3 Å². The Morgan fingerprint density at radius 1 is 0.979 bits per heavy atom. The fourth-order valence-corrected chi connectivity index (χ4v) is 6.30. The van der Waals surface area contributed by atoms with E-state index in [1.165, 1.54) is 0 Å². The van der Waals surface area contributed by atoms with Crippen LogP contribution in [0.1, 0.15) is 22.3 Å². The minimum Gasteiger partial charge on any atom is -0.491 e. The highest BCUT2D eigenvalue weighted by atomic mass is 16.5. The van der Waals surface area contributed by atoms with Gasteiger partial charge in [-0.1, -0.05) is 54.6 Å². The molecule has 10 heteroatoms. The van der Waals surface area contributed by atoms with Crippen molar-refractivity contribution in [3.63, 3.8) is 0 Å². The van der Waals surface area contributed by atoms with Crippen LogP contribution in [0.5, 0.6) is 5.75 Å². The summed E-state index contributed by atoms with van der Waals surface area (Å²) < 4.78 is 6.30. The number of benzene rings is 3. The Morgan fingerprint density at radius 3 is 2.66 bits per heavy atom. The fraction of sp³-hybridized carbons (Fsp3) is 0.351. The second-order valence-corrected chi connectivity index (χ2v) is 12.7. The summed E-state index contributed by atoms with van der Waals surface area (Å²) >= 11 is 0.